The van der Waals surface area contributed by atoms with Gasteiger partial charge in [0.25, 0.3) is 5.91 Å². The van der Waals surface area contributed by atoms with E-state index in [1.807, 2.05) is 0 Å². The van der Waals surface area contributed by atoms with Gasteiger partial charge >= 0.3 is 0 Å². The standard InChI is InChI=1S/C17H18FN3O2/c18-14-2-4-15(5-3-14)21-8-7-12(11-21)9-20-17(23)13-1-6-16(22)19-10-13/h1-6,10,12H,7-9,11H2,(H,19,22)(H,20,23)/t12-/m1/s1. The fourth-order valence-corrected chi connectivity index (χ4v) is 2.78. The molecule has 0 unspecified atom stereocenters. The van der Waals surface area contributed by atoms with Crippen molar-refractivity contribution in [1.29, 1.82) is 0 Å². The quantitative estimate of drug-likeness (QED) is 0.904. The molecule has 23 heavy (non-hydrogen) atoms. The molecule has 2 aromatic rings. The van der Waals surface area contributed by atoms with Crippen molar-refractivity contribution in [1.82, 2.24) is 10.3 Å². The molecule has 1 aromatic carbocycles. The number of H-pyrrole nitrogens is 1. The highest BCUT2D eigenvalue weighted by atomic mass is 19.1. The second kappa shape index (κ2) is 6.64. The van der Waals surface area contributed by atoms with Crippen LogP contribution in [0.3, 0.4) is 0 Å². The molecule has 3 rings (SSSR count). The number of hydrogen-bond donors (Lipinski definition) is 2. The Kier molecular flexibility index (Phi) is 4.41. The summed E-state index contributed by atoms with van der Waals surface area (Å²) in [5, 5.41) is 2.89. The summed E-state index contributed by atoms with van der Waals surface area (Å²) in [5.74, 6) is -0.0779. The molecule has 1 atom stereocenters. The van der Waals surface area contributed by atoms with E-state index in [0.29, 0.717) is 18.0 Å². The van der Waals surface area contributed by atoms with Gasteiger partial charge < -0.3 is 15.2 Å². The molecular weight excluding hydrogens is 297 g/mol. The minimum absolute atomic E-state index is 0.193. The van der Waals surface area contributed by atoms with E-state index in [-0.39, 0.29) is 17.3 Å². The van der Waals surface area contributed by atoms with Gasteiger partial charge in [0, 0.05) is 37.6 Å². The van der Waals surface area contributed by atoms with Gasteiger partial charge in [-0.3, -0.25) is 9.59 Å². The fraction of sp³-hybridized carbons (Fsp3) is 0.294. The minimum atomic E-state index is -0.238. The third kappa shape index (κ3) is 3.77. The Morgan fingerprint density at radius 3 is 2.74 bits per heavy atom. The van der Waals surface area contributed by atoms with Gasteiger partial charge in [-0.1, -0.05) is 0 Å². The van der Waals surface area contributed by atoms with Crippen LogP contribution in [0.2, 0.25) is 0 Å². The summed E-state index contributed by atoms with van der Waals surface area (Å²) in [4.78, 5) is 27.7. The Hall–Kier alpha value is -2.63. The van der Waals surface area contributed by atoms with Crippen molar-refractivity contribution in [3.05, 3.63) is 64.3 Å². The highest BCUT2D eigenvalue weighted by molar-refractivity contribution is 5.93. The maximum atomic E-state index is 13.0. The Balaban J connectivity index is 1.52. The second-order valence-corrected chi connectivity index (χ2v) is 5.73. The van der Waals surface area contributed by atoms with Crippen molar-refractivity contribution in [2.24, 2.45) is 5.92 Å². The number of aromatic nitrogens is 1. The van der Waals surface area contributed by atoms with Gasteiger partial charge in [-0.05, 0) is 42.7 Å². The summed E-state index contributed by atoms with van der Waals surface area (Å²) in [5.41, 5.74) is 1.21. The van der Waals surface area contributed by atoms with Gasteiger partial charge in [-0.25, -0.2) is 4.39 Å². The van der Waals surface area contributed by atoms with Gasteiger partial charge in [0.15, 0.2) is 0 Å². The number of carbonyl (C=O) groups excluding carboxylic acids is 1. The molecule has 0 bridgehead atoms. The van der Waals surface area contributed by atoms with Crippen LogP contribution in [0.15, 0.2) is 47.4 Å². The largest absolute Gasteiger partial charge is 0.371 e. The van der Waals surface area contributed by atoms with Gasteiger partial charge in [0.2, 0.25) is 5.56 Å². The first-order chi connectivity index (χ1) is 11.1. The smallest absolute Gasteiger partial charge is 0.252 e. The highest BCUT2D eigenvalue weighted by Gasteiger charge is 2.23. The monoisotopic (exact) mass is 315 g/mol. The van der Waals surface area contributed by atoms with E-state index in [1.165, 1.54) is 30.5 Å². The molecular formula is C17H18FN3O2. The number of amides is 1. The number of aromatic amines is 1. The third-order valence-corrected chi connectivity index (χ3v) is 4.08. The minimum Gasteiger partial charge on any atom is -0.371 e. The fourth-order valence-electron chi connectivity index (χ4n) is 2.78. The Morgan fingerprint density at radius 1 is 1.26 bits per heavy atom. The molecule has 1 aliphatic heterocycles. The molecule has 6 heteroatoms. The van der Waals surface area contributed by atoms with Crippen molar-refractivity contribution in [3.8, 4) is 0 Å². The van der Waals surface area contributed by atoms with Crippen molar-refractivity contribution >= 4 is 11.6 Å². The topological polar surface area (TPSA) is 65.2 Å². The van der Waals surface area contributed by atoms with Crippen LogP contribution in [-0.2, 0) is 0 Å². The first-order valence-electron chi connectivity index (χ1n) is 7.59. The second-order valence-electron chi connectivity index (χ2n) is 5.73. The first-order valence-corrected chi connectivity index (χ1v) is 7.59. The van der Waals surface area contributed by atoms with Gasteiger partial charge in [-0.15, -0.1) is 0 Å². The lowest BCUT2D eigenvalue weighted by atomic mass is 10.1. The molecule has 0 spiro atoms. The van der Waals surface area contributed by atoms with E-state index in [0.717, 1.165) is 25.2 Å². The SMILES string of the molecule is O=C(NC[C@H]1CCN(c2ccc(F)cc2)C1)c1ccc(=O)[nH]c1. The summed E-state index contributed by atoms with van der Waals surface area (Å²) >= 11 is 0. The van der Waals surface area contributed by atoms with Crippen LogP contribution in [0.1, 0.15) is 16.8 Å². The molecule has 2 N–H and O–H groups in total. The van der Waals surface area contributed by atoms with Crippen molar-refractivity contribution in [2.75, 3.05) is 24.5 Å². The summed E-state index contributed by atoms with van der Waals surface area (Å²) in [6.07, 6.45) is 2.39. The third-order valence-electron chi connectivity index (χ3n) is 4.08. The first kappa shape index (κ1) is 15.3. The normalized spacial score (nSPS) is 17.3. The molecule has 1 aliphatic rings. The van der Waals surface area contributed by atoms with Gasteiger partial charge in [0.1, 0.15) is 5.82 Å². The molecule has 5 nitrogen and oxygen atoms in total. The summed E-state index contributed by atoms with van der Waals surface area (Å²) in [6.45, 7) is 2.30. The number of benzene rings is 1. The number of pyridine rings is 1. The average molecular weight is 315 g/mol. The van der Waals surface area contributed by atoms with E-state index < -0.39 is 0 Å². The Bertz CT molecular complexity index is 722. The number of rotatable bonds is 4. The number of halogens is 1. The van der Waals surface area contributed by atoms with Crippen molar-refractivity contribution in [2.45, 2.75) is 6.42 Å². The predicted octanol–water partition coefficient (Wildman–Crippen LogP) is 1.77. The maximum Gasteiger partial charge on any atom is 0.252 e. The number of nitrogens with one attached hydrogen (secondary N) is 2. The zero-order valence-electron chi connectivity index (χ0n) is 12.6. The van der Waals surface area contributed by atoms with Gasteiger partial charge in [-0.2, -0.15) is 0 Å². The summed E-state index contributed by atoms with van der Waals surface area (Å²) < 4.78 is 13.0. The molecule has 2 heterocycles. The van der Waals surface area contributed by atoms with Crippen LogP contribution in [-0.4, -0.2) is 30.5 Å². The van der Waals surface area contributed by atoms with E-state index in [1.54, 1.807) is 12.1 Å². The van der Waals surface area contributed by atoms with Crippen LogP contribution in [0.5, 0.6) is 0 Å². The lowest BCUT2D eigenvalue weighted by Gasteiger charge is -2.18. The van der Waals surface area contributed by atoms with Gasteiger partial charge in [0.05, 0.1) is 5.56 Å². The maximum absolute atomic E-state index is 13.0. The Labute approximate surface area is 133 Å². The van der Waals surface area contributed by atoms with Crippen LogP contribution >= 0.6 is 0 Å². The lowest BCUT2D eigenvalue weighted by Crippen LogP contribution is -2.31. The number of hydrogen-bond acceptors (Lipinski definition) is 3. The predicted molar refractivity (Wildman–Crippen MR) is 86.1 cm³/mol. The zero-order valence-corrected chi connectivity index (χ0v) is 12.6. The van der Waals surface area contributed by atoms with Crippen molar-refractivity contribution in [3.63, 3.8) is 0 Å². The molecule has 1 saturated heterocycles. The van der Waals surface area contributed by atoms with Crippen LogP contribution in [0.25, 0.3) is 0 Å². The number of nitrogens with zero attached hydrogens (tertiary/aromatic N) is 1. The van der Waals surface area contributed by atoms with Crippen LogP contribution in [0.4, 0.5) is 10.1 Å². The van der Waals surface area contributed by atoms with Crippen LogP contribution < -0.4 is 15.8 Å². The molecule has 0 aliphatic carbocycles. The zero-order chi connectivity index (χ0) is 16.2. The average Bonchev–Trinajstić information content (AvgIpc) is 3.03. The molecule has 1 fully saturated rings. The molecule has 0 saturated carbocycles. The van der Waals surface area contributed by atoms with E-state index in [2.05, 4.69) is 15.2 Å². The molecule has 0 radical (unpaired) electrons. The molecule has 1 aromatic heterocycles. The van der Waals surface area contributed by atoms with Crippen molar-refractivity contribution < 1.29 is 9.18 Å². The van der Waals surface area contributed by atoms with E-state index >= 15 is 0 Å². The van der Waals surface area contributed by atoms with E-state index in [4.69, 9.17) is 0 Å². The number of carbonyl (C=O) groups is 1. The summed E-state index contributed by atoms with van der Waals surface area (Å²) in [7, 11) is 0. The van der Waals surface area contributed by atoms with E-state index in [9.17, 15) is 14.0 Å². The highest BCUT2D eigenvalue weighted by Crippen LogP contribution is 2.23. The Morgan fingerprint density at radius 2 is 2.04 bits per heavy atom. The molecule has 1 amide bonds. The summed E-state index contributed by atoms with van der Waals surface area (Å²) in [6, 6.07) is 9.31. The number of anilines is 1. The molecule has 120 valence electrons. The lowest BCUT2D eigenvalue weighted by molar-refractivity contribution is 0.0948. The van der Waals surface area contributed by atoms with Crippen LogP contribution in [0, 0.1) is 11.7 Å².